The van der Waals surface area contributed by atoms with Crippen LogP contribution in [0.4, 0.5) is 0 Å². The second-order valence-electron chi connectivity index (χ2n) is 6.10. The maximum absolute atomic E-state index is 9.96. The summed E-state index contributed by atoms with van der Waals surface area (Å²) in [5.41, 5.74) is 2.50. The van der Waals surface area contributed by atoms with Gasteiger partial charge in [0.2, 0.25) is 0 Å². The highest BCUT2D eigenvalue weighted by atomic mass is 35.5. The Kier molecular flexibility index (Phi) is 5.35. The molecule has 0 aliphatic carbocycles. The Morgan fingerprint density at radius 3 is 2.25 bits per heavy atom. The molecule has 1 N–H and O–H groups in total. The lowest BCUT2D eigenvalue weighted by Gasteiger charge is -2.07. The molecule has 4 aromatic rings. The Labute approximate surface area is 171 Å². The zero-order chi connectivity index (χ0) is 19.5. The molecule has 0 spiro atoms. The second kappa shape index (κ2) is 8.07. The Morgan fingerprint density at radius 2 is 1.54 bits per heavy atom. The Bertz CT molecular complexity index is 1090. The Hall–Kier alpha value is -2.79. The van der Waals surface area contributed by atoms with Crippen LogP contribution >= 0.6 is 23.2 Å². The average molecular weight is 412 g/mol. The van der Waals surface area contributed by atoms with Crippen LogP contribution in [0.15, 0.2) is 77.3 Å². The van der Waals surface area contributed by atoms with Crippen LogP contribution in [-0.2, 0) is 6.61 Å². The predicted molar refractivity (Wildman–Crippen MR) is 110 cm³/mol. The monoisotopic (exact) mass is 411 g/mol. The molecule has 0 aliphatic heterocycles. The third-order valence-corrected chi connectivity index (χ3v) is 4.59. The number of nitrogens with zero attached hydrogens (tertiary/aromatic N) is 1. The highest BCUT2D eigenvalue weighted by Gasteiger charge is 2.19. The molecule has 1 heterocycles. The first-order chi connectivity index (χ1) is 13.6. The molecule has 6 heteroatoms. The molecule has 0 saturated carbocycles. The van der Waals surface area contributed by atoms with Crippen LogP contribution in [-0.4, -0.2) is 10.3 Å². The third kappa shape index (κ3) is 3.90. The molecule has 4 rings (SSSR count). The zero-order valence-electron chi connectivity index (χ0n) is 14.6. The number of hydrogen-bond donors (Lipinski definition) is 1. The average Bonchev–Trinajstić information content (AvgIpc) is 3.12. The first-order valence-corrected chi connectivity index (χ1v) is 9.29. The largest absolute Gasteiger partial charge is 0.457 e. The van der Waals surface area contributed by atoms with Crippen LogP contribution in [0, 0.1) is 0 Å². The van der Waals surface area contributed by atoms with Crippen molar-refractivity contribution < 1.29 is 14.4 Å². The van der Waals surface area contributed by atoms with E-state index in [0.717, 1.165) is 11.3 Å². The van der Waals surface area contributed by atoms with Gasteiger partial charge in [-0.05, 0) is 42.5 Å². The minimum absolute atomic E-state index is 0.248. The number of halogens is 2. The molecule has 0 radical (unpaired) electrons. The van der Waals surface area contributed by atoms with Crippen LogP contribution in [0.1, 0.15) is 5.56 Å². The summed E-state index contributed by atoms with van der Waals surface area (Å²) in [6, 6.07) is 22.0. The van der Waals surface area contributed by atoms with Crippen molar-refractivity contribution in [3.63, 3.8) is 0 Å². The minimum atomic E-state index is -0.248. The number of aromatic nitrogens is 1. The van der Waals surface area contributed by atoms with E-state index in [0.29, 0.717) is 38.4 Å². The summed E-state index contributed by atoms with van der Waals surface area (Å²) in [7, 11) is 0. The predicted octanol–water partition coefficient (Wildman–Crippen LogP) is 6.60. The van der Waals surface area contributed by atoms with E-state index in [1.165, 1.54) is 0 Å². The highest BCUT2D eigenvalue weighted by Crippen LogP contribution is 2.36. The standard InChI is InChI=1S/C22H15Cl2NO3/c23-16-9-15(10-17(24)12-16)22-20(13-26)21(25-28-22)14-5-4-8-19(11-14)27-18-6-2-1-3-7-18/h1-12,26H,13H2. The molecule has 1 aromatic heterocycles. The van der Waals surface area contributed by atoms with Gasteiger partial charge in [0.25, 0.3) is 0 Å². The van der Waals surface area contributed by atoms with Gasteiger partial charge >= 0.3 is 0 Å². The van der Waals surface area contributed by atoms with Crippen molar-refractivity contribution >= 4 is 23.2 Å². The first kappa shape index (κ1) is 18.6. The van der Waals surface area contributed by atoms with Gasteiger partial charge in [0, 0.05) is 21.2 Å². The van der Waals surface area contributed by atoms with Gasteiger partial charge in [0.15, 0.2) is 5.76 Å². The molecular formula is C22H15Cl2NO3. The summed E-state index contributed by atoms with van der Waals surface area (Å²) in [5.74, 6) is 1.82. The van der Waals surface area contributed by atoms with E-state index in [2.05, 4.69) is 5.16 Å². The van der Waals surface area contributed by atoms with Crippen LogP contribution < -0.4 is 4.74 Å². The fourth-order valence-corrected chi connectivity index (χ4v) is 3.45. The fourth-order valence-electron chi connectivity index (χ4n) is 2.93. The van der Waals surface area contributed by atoms with E-state index < -0.39 is 0 Å². The summed E-state index contributed by atoms with van der Waals surface area (Å²) in [4.78, 5) is 0. The van der Waals surface area contributed by atoms with Crippen molar-refractivity contribution in [1.29, 1.82) is 0 Å². The number of ether oxygens (including phenoxy) is 1. The number of aliphatic hydroxyl groups excluding tert-OH is 1. The number of para-hydroxylation sites is 1. The van der Waals surface area contributed by atoms with E-state index in [9.17, 15) is 5.11 Å². The molecule has 0 atom stereocenters. The maximum Gasteiger partial charge on any atom is 0.173 e. The van der Waals surface area contributed by atoms with Gasteiger partial charge in [0.05, 0.1) is 12.2 Å². The second-order valence-corrected chi connectivity index (χ2v) is 6.97. The molecule has 0 fully saturated rings. The molecule has 4 nitrogen and oxygen atoms in total. The minimum Gasteiger partial charge on any atom is -0.457 e. The lowest BCUT2D eigenvalue weighted by Crippen LogP contribution is -1.90. The summed E-state index contributed by atoms with van der Waals surface area (Å²) in [5, 5.41) is 15.1. The van der Waals surface area contributed by atoms with Crippen molar-refractivity contribution in [2.45, 2.75) is 6.61 Å². The molecule has 0 aliphatic rings. The van der Waals surface area contributed by atoms with Gasteiger partial charge in [-0.2, -0.15) is 0 Å². The molecule has 0 amide bonds. The van der Waals surface area contributed by atoms with Gasteiger partial charge in [-0.25, -0.2) is 0 Å². The van der Waals surface area contributed by atoms with E-state index in [-0.39, 0.29) is 6.61 Å². The van der Waals surface area contributed by atoms with Crippen LogP contribution in [0.2, 0.25) is 10.0 Å². The van der Waals surface area contributed by atoms with Crippen LogP contribution in [0.25, 0.3) is 22.6 Å². The normalized spacial score (nSPS) is 10.8. The Morgan fingerprint density at radius 1 is 0.821 bits per heavy atom. The SMILES string of the molecule is OCc1c(-c2cccc(Oc3ccccc3)c2)noc1-c1cc(Cl)cc(Cl)c1. The lowest BCUT2D eigenvalue weighted by atomic mass is 10.0. The van der Waals surface area contributed by atoms with Crippen molar-refractivity contribution in [2.24, 2.45) is 0 Å². The molecule has 0 bridgehead atoms. The smallest absolute Gasteiger partial charge is 0.173 e. The maximum atomic E-state index is 9.96. The van der Waals surface area contributed by atoms with Gasteiger partial charge in [-0.15, -0.1) is 0 Å². The number of hydrogen-bond acceptors (Lipinski definition) is 4. The molecule has 0 unspecified atom stereocenters. The van der Waals surface area contributed by atoms with Gasteiger partial charge < -0.3 is 14.4 Å². The number of rotatable bonds is 5. The summed E-state index contributed by atoms with van der Waals surface area (Å²) in [6.45, 7) is -0.248. The highest BCUT2D eigenvalue weighted by molar-refractivity contribution is 6.35. The van der Waals surface area contributed by atoms with E-state index >= 15 is 0 Å². The molecule has 0 saturated heterocycles. The van der Waals surface area contributed by atoms with Crippen LogP contribution in [0.5, 0.6) is 11.5 Å². The molecular weight excluding hydrogens is 397 g/mol. The molecule has 140 valence electrons. The lowest BCUT2D eigenvalue weighted by molar-refractivity contribution is 0.281. The van der Waals surface area contributed by atoms with Crippen molar-refractivity contribution in [3.8, 4) is 34.1 Å². The van der Waals surface area contributed by atoms with Crippen molar-refractivity contribution in [3.05, 3.63) is 88.4 Å². The summed E-state index contributed by atoms with van der Waals surface area (Å²) >= 11 is 12.2. The topological polar surface area (TPSA) is 55.5 Å². The van der Waals surface area contributed by atoms with Gasteiger partial charge in [0.1, 0.15) is 17.2 Å². The zero-order valence-corrected chi connectivity index (χ0v) is 16.1. The van der Waals surface area contributed by atoms with Gasteiger partial charge in [-0.3, -0.25) is 0 Å². The van der Waals surface area contributed by atoms with Gasteiger partial charge in [-0.1, -0.05) is 58.7 Å². The van der Waals surface area contributed by atoms with E-state index in [1.807, 2.05) is 54.6 Å². The van der Waals surface area contributed by atoms with Crippen molar-refractivity contribution in [1.82, 2.24) is 5.16 Å². The molecule has 28 heavy (non-hydrogen) atoms. The summed E-state index contributed by atoms with van der Waals surface area (Å²) < 4.78 is 11.4. The Balaban J connectivity index is 1.72. The van der Waals surface area contributed by atoms with Crippen molar-refractivity contribution in [2.75, 3.05) is 0 Å². The quantitative estimate of drug-likeness (QED) is 0.401. The van der Waals surface area contributed by atoms with E-state index in [1.54, 1.807) is 18.2 Å². The van der Waals surface area contributed by atoms with Crippen LogP contribution in [0.3, 0.4) is 0 Å². The van der Waals surface area contributed by atoms with E-state index in [4.69, 9.17) is 32.5 Å². The first-order valence-electron chi connectivity index (χ1n) is 8.53. The number of aliphatic hydroxyl groups is 1. The number of benzene rings is 3. The molecule has 3 aromatic carbocycles. The third-order valence-electron chi connectivity index (χ3n) is 4.16. The summed E-state index contributed by atoms with van der Waals surface area (Å²) in [6.07, 6.45) is 0. The fraction of sp³-hybridized carbons (Fsp3) is 0.0455.